The maximum Gasteiger partial charge on any atom is 0.286 e. The Balaban J connectivity index is 2.25. The fourth-order valence-corrected chi connectivity index (χ4v) is 2.98. The van der Waals surface area contributed by atoms with Gasteiger partial charge in [-0.15, -0.1) is 9.19 Å². The maximum absolute atomic E-state index is 12.4. The van der Waals surface area contributed by atoms with E-state index in [0.717, 1.165) is 9.65 Å². The zero-order valence-corrected chi connectivity index (χ0v) is 10.9. The van der Waals surface area contributed by atoms with Crippen molar-refractivity contribution >= 4 is 21.1 Å². The van der Waals surface area contributed by atoms with Gasteiger partial charge >= 0.3 is 0 Å². The number of rotatable bonds is 2. The lowest BCUT2D eigenvalue weighted by Crippen LogP contribution is -2.14. The van der Waals surface area contributed by atoms with E-state index in [1.807, 2.05) is 13.0 Å². The van der Waals surface area contributed by atoms with Crippen molar-refractivity contribution in [3.05, 3.63) is 48.3 Å². The van der Waals surface area contributed by atoms with Crippen LogP contribution in [0.5, 0.6) is 0 Å². The average molecular weight is 274 g/mol. The second-order valence-electron chi connectivity index (χ2n) is 4.12. The minimum Gasteiger partial charge on any atom is -0.263 e. The van der Waals surface area contributed by atoms with Crippen LogP contribution >= 0.6 is 0 Å². The van der Waals surface area contributed by atoms with Crippen LogP contribution in [0.2, 0.25) is 0 Å². The summed E-state index contributed by atoms with van der Waals surface area (Å²) in [6, 6.07) is 8.34. The molecule has 6 nitrogen and oxygen atoms in total. The van der Waals surface area contributed by atoms with Gasteiger partial charge in [-0.2, -0.15) is 8.42 Å². The lowest BCUT2D eigenvalue weighted by Gasteiger charge is -2.03. The van der Waals surface area contributed by atoms with E-state index in [4.69, 9.17) is 0 Å². The third kappa shape index (κ3) is 1.88. The topological polar surface area (TPSA) is 77.7 Å². The van der Waals surface area contributed by atoms with Crippen LogP contribution in [0.4, 0.5) is 0 Å². The third-order valence-corrected chi connectivity index (χ3v) is 4.29. The molecule has 3 aromatic rings. The van der Waals surface area contributed by atoms with Crippen molar-refractivity contribution < 1.29 is 8.42 Å². The van der Waals surface area contributed by atoms with Crippen molar-refractivity contribution in [1.29, 1.82) is 0 Å². The van der Waals surface area contributed by atoms with Crippen molar-refractivity contribution in [2.45, 2.75) is 11.8 Å². The van der Waals surface area contributed by atoms with Gasteiger partial charge in [-0.05, 0) is 36.8 Å². The molecule has 0 bridgehead atoms. The quantitative estimate of drug-likeness (QED) is 0.705. The number of aromatic nitrogens is 4. The fraction of sp³-hybridized carbons (Fsp3) is 0.0833. The van der Waals surface area contributed by atoms with Gasteiger partial charge in [0, 0.05) is 12.4 Å². The van der Waals surface area contributed by atoms with Crippen LogP contribution in [0.25, 0.3) is 11.0 Å². The molecule has 7 heteroatoms. The number of pyridine rings is 1. The fourth-order valence-electron chi connectivity index (χ4n) is 1.79. The summed E-state index contributed by atoms with van der Waals surface area (Å²) in [5, 5.41) is 7.62. The van der Waals surface area contributed by atoms with E-state index in [9.17, 15) is 8.42 Å². The summed E-state index contributed by atoms with van der Waals surface area (Å²) in [7, 11) is -3.75. The van der Waals surface area contributed by atoms with Crippen LogP contribution in [-0.2, 0) is 10.0 Å². The molecule has 0 fully saturated rings. The van der Waals surface area contributed by atoms with Crippen molar-refractivity contribution in [2.24, 2.45) is 0 Å². The van der Waals surface area contributed by atoms with Gasteiger partial charge in [0.05, 0.1) is 0 Å². The van der Waals surface area contributed by atoms with Crippen LogP contribution in [0.3, 0.4) is 0 Å². The Bertz CT molecular complexity index is 841. The maximum atomic E-state index is 12.4. The van der Waals surface area contributed by atoms with E-state index in [1.165, 1.54) is 18.5 Å². The second-order valence-corrected chi connectivity index (χ2v) is 5.89. The normalized spacial score (nSPS) is 11.8. The van der Waals surface area contributed by atoms with Gasteiger partial charge in [0.1, 0.15) is 15.9 Å². The molecular weight excluding hydrogens is 264 g/mol. The predicted molar refractivity (Wildman–Crippen MR) is 69.1 cm³/mol. The summed E-state index contributed by atoms with van der Waals surface area (Å²) in [6.07, 6.45) is 2.80. The van der Waals surface area contributed by atoms with Gasteiger partial charge in [-0.3, -0.25) is 4.98 Å². The zero-order valence-electron chi connectivity index (χ0n) is 10.1. The minimum absolute atomic E-state index is 0.0855. The van der Waals surface area contributed by atoms with Gasteiger partial charge < -0.3 is 0 Å². The highest BCUT2D eigenvalue weighted by Crippen LogP contribution is 2.18. The van der Waals surface area contributed by atoms with Crippen molar-refractivity contribution in [3.63, 3.8) is 0 Å². The highest BCUT2D eigenvalue weighted by molar-refractivity contribution is 7.90. The molecular formula is C12H10N4O2S. The molecule has 0 aliphatic rings. The Labute approximate surface area is 109 Å². The smallest absolute Gasteiger partial charge is 0.263 e. The molecule has 0 saturated heterocycles. The summed E-state index contributed by atoms with van der Waals surface area (Å²) in [5.41, 5.74) is 2.00. The summed E-state index contributed by atoms with van der Waals surface area (Å²) in [4.78, 5) is 3.90. The van der Waals surface area contributed by atoms with Crippen LogP contribution < -0.4 is 0 Å². The van der Waals surface area contributed by atoms with Crippen molar-refractivity contribution in [3.8, 4) is 0 Å². The number of hydrogen-bond acceptors (Lipinski definition) is 5. The highest BCUT2D eigenvalue weighted by atomic mass is 32.2. The van der Waals surface area contributed by atoms with E-state index < -0.39 is 10.0 Å². The monoisotopic (exact) mass is 274 g/mol. The van der Waals surface area contributed by atoms with Crippen LogP contribution in [0.15, 0.2) is 47.6 Å². The molecule has 0 aliphatic heterocycles. The Morgan fingerprint density at radius 3 is 2.79 bits per heavy atom. The SMILES string of the molecule is Cc1ccc2c(c1)nnn2S(=O)(=O)c1cccnc1. The predicted octanol–water partition coefficient (Wildman–Crippen LogP) is 1.37. The summed E-state index contributed by atoms with van der Waals surface area (Å²) < 4.78 is 25.8. The van der Waals surface area contributed by atoms with E-state index in [0.29, 0.717) is 11.0 Å². The van der Waals surface area contributed by atoms with Crippen molar-refractivity contribution in [1.82, 2.24) is 19.4 Å². The molecule has 2 aromatic heterocycles. The number of benzene rings is 1. The van der Waals surface area contributed by atoms with E-state index >= 15 is 0 Å². The second kappa shape index (κ2) is 4.13. The molecule has 19 heavy (non-hydrogen) atoms. The molecule has 0 spiro atoms. The molecule has 96 valence electrons. The Hall–Kier alpha value is -2.28. The first-order chi connectivity index (χ1) is 9.09. The van der Waals surface area contributed by atoms with E-state index in [1.54, 1.807) is 18.2 Å². The molecule has 0 saturated carbocycles. The van der Waals surface area contributed by atoms with E-state index in [2.05, 4.69) is 15.3 Å². The average Bonchev–Trinajstić information content (AvgIpc) is 2.83. The molecule has 0 aliphatic carbocycles. The largest absolute Gasteiger partial charge is 0.286 e. The molecule has 0 amide bonds. The minimum atomic E-state index is -3.75. The summed E-state index contributed by atoms with van der Waals surface area (Å²) in [6.45, 7) is 1.91. The third-order valence-electron chi connectivity index (χ3n) is 2.73. The van der Waals surface area contributed by atoms with Gasteiger partial charge in [0.2, 0.25) is 0 Å². The number of nitrogens with zero attached hydrogens (tertiary/aromatic N) is 4. The van der Waals surface area contributed by atoms with Gasteiger partial charge in [-0.1, -0.05) is 11.3 Å². The standard InChI is InChI=1S/C12H10N4O2S/c1-9-4-5-12-11(7-9)14-15-16(12)19(17,18)10-3-2-6-13-8-10/h2-8H,1H3. The summed E-state index contributed by atoms with van der Waals surface area (Å²) >= 11 is 0. The lowest BCUT2D eigenvalue weighted by atomic mass is 10.2. The molecule has 0 radical (unpaired) electrons. The van der Waals surface area contributed by atoms with Crippen LogP contribution in [0.1, 0.15) is 5.56 Å². The van der Waals surface area contributed by atoms with E-state index in [-0.39, 0.29) is 4.90 Å². The highest BCUT2D eigenvalue weighted by Gasteiger charge is 2.21. The molecule has 0 N–H and O–H groups in total. The van der Waals surface area contributed by atoms with Crippen molar-refractivity contribution in [2.75, 3.05) is 0 Å². The Morgan fingerprint density at radius 2 is 2.05 bits per heavy atom. The first-order valence-electron chi connectivity index (χ1n) is 5.57. The molecule has 3 rings (SSSR count). The van der Waals surface area contributed by atoms with Crippen LogP contribution in [0, 0.1) is 6.92 Å². The molecule has 2 heterocycles. The number of fused-ring (bicyclic) bond motifs is 1. The Morgan fingerprint density at radius 1 is 1.21 bits per heavy atom. The molecule has 0 atom stereocenters. The lowest BCUT2D eigenvalue weighted by molar-refractivity contribution is 0.579. The number of hydrogen-bond donors (Lipinski definition) is 0. The first-order valence-corrected chi connectivity index (χ1v) is 7.01. The first kappa shape index (κ1) is 11.8. The van der Waals surface area contributed by atoms with Gasteiger partial charge in [0.15, 0.2) is 0 Å². The van der Waals surface area contributed by atoms with Gasteiger partial charge in [-0.25, -0.2) is 0 Å². The summed E-state index contributed by atoms with van der Waals surface area (Å²) in [5.74, 6) is 0. The van der Waals surface area contributed by atoms with Crippen LogP contribution in [-0.4, -0.2) is 27.8 Å². The van der Waals surface area contributed by atoms with Gasteiger partial charge in [0.25, 0.3) is 10.0 Å². The number of aryl methyl sites for hydroxylation is 1. The molecule has 0 unspecified atom stereocenters. The molecule has 1 aromatic carbocycles. The zero-order chi connectivity index (χ0) is 13.5. The Kier molecular flexibility index (Phi) is 2.56.